The molecule has 0 radical (unpaired) electrons. The average Bonchev–Trinajstić information content (AvgIpc) is 2.18. The molecule has 1 aromatic heterocycles. The van der Waals surface area contributed by atoms with Crippen LogP contribution in [0.1, 0.15) is 10.4 Å². The number of nitrogens with one attached hydrogen (secondary N) is 1. The first-order chi connectivity index (χ1) is 6.65. The number of hydrogen-bond donors (Lipinski definition) is 2. The van der Waals surface area contributed by atoms with Crippen molar-refractivity contribution in [1.29, 1.82) is 0 Å². The van der Waals surface area contributed by atoms with E-state index in [9.17, 15) is 4.79 Å². The van der Waals surface area contributed by atoms with Crippen molar-refractivity contribution in [3.63, 3.8) is 0 Å². The number of amides is 1. The van der Waals surface area contributed by atoms with Crippen molar-refractivity contribution in [3.05, 3.63) is 23.0 Å². The van der Waals surface area contributed by atoms with Gasteiger partial charge in [0, 0.05) is 0 Å². The first-order valence-corrected chi connectivity index (χ1v) is 4.15. The van der Waals surface area contributed by atoms with Crippen LogP contribution in [0, 0.1) is 12.3 Å². The molecule has 0 spiro atoms. The second-order valence-corrected chi connectivity index (χ2v) is 2.87. The number of carbonyl (C=O) groups is 1. The first-order valence-electron chi connectivity index (χ1n) is 3.78. The molecule has 4 nitrogen and oxygen atoms in total. The number of terminal acetylenes is 1. The molecule has 1 heterocycles. The summed E-state index contributed by atoms with van der Waals surface area (Å²) in [6, 6.07) is 1.39. The summed E-state index contributed by atoms with van der Waals surface area (Å²) < 4.78 is 0. The molecule has 0 fully saturated rings. The van der Waals surface area contributed by atoms with E-state index < -0.39 is 0 Å². The summed E-state index contributed by atoms with van der Waals surface area (Å²) in [5.41, 5.74) is 6.07. The lowest BCUT2D eigenvalue weighted by Gasteiger charge is -2.04. The van der Waals surface area contributed by atoms with Gasteiger partial charge >= 0.3 is 0 Å². The van der Waals surface area contributed by atoms with E-state index in [1.165, 1.54) is 12.3 Å². The highest BCUT2D eigenvalue weighted by Gasteiger charge is 2.09. The maximum absolute atomic E-state index is 11.4. The summed E-state index contributed by atoms with van der Waals surface area (Å²) in [5.74, 6) is 1.92. The van der Waals surface area contributed by atoms with E-state index >= 15 is 0 Å². The highest BCUT2D eigenvalue weighted by molar-refractivity contribution is 6.29. The van der Waals surface area contributed by atoms with Gasteiger partial charge in [0.2, 0.25) is 0 Å². The molecule has 0 bridgehead atoms. The number of nitrogens with two attached hydrogens (primary N) is 1. The summed E-state index contributed by atoms with van der Waals surface area (Å²) in [7, 11) is 0. The number of halogens is 1. The van der Waals surface area contributed by atoms with Crippen LogP contribution in [0.25, 0.3) is 0 Å². The number of hydrogen-bond acceptors (Lipinski definition) is 3. The number of aromatic nitrogens is 1. The average molecular weight is 210 g/mol. The van der Waals surface area contributed by atoms with Crippen LogP contribution in [0.4, 0.5) is 5.69 Å². The van der Waals surface area contributed by atoms with Crippen molar-refractivity contribution in [2.45, 2.75) is 0 Å². The summed E-state index contributed by atoms with van der Waals surface area (Å²) in [6.45, 7) is 0.151. The van der Waals surface area contributed by atoms with Crippen molar-refractivity contribution in [3.8, 4) is 12.3 Å². The Morgan fingerprint density at radius 3 is 3.14 bits per heavy atom. The van der Waals surface area contributed by atoms with Gasteiger partial charge in [0.05, 0.1) is 24.0 Å². The Labute approximate surface area is 86.5 Å². The zero-order valence-electron chi connectivity index (χ0n) is 7.25. The van der Waals surface area contributed by atoms with Crippen molar-refractivity contribution in [2.24, 2.45) is 0 Å². The molecule has 0 unspecified atom stereocenters. The summed E-state index contributed by atoms with van der Waals surface area (Å²) in [4.78, 5) is 15.1. The van der Waals surface area contributed by atoms with E-state index in [-0.39, 0.29) is 28.9 Å². The Hall–Kier alpha value is -1.73. The minimum atomic E-state index is -0.357. The maximum atomic E-state index is 11.4. The Bertz CT molecular complexity index is 398. The summed E-state index contributed by atoms with van der Waals surface area (Å²) >= 11 is 5.61. The first kappa shape index (κ1) is 10.4. The maximum Gasteiger partial charge on any atom is 0.254 e. The predicted octanol–water partition coefficient (Wildman–Crippen LogP) is 0.680. The van der Waals surface area contributed by atoms with Gasteiger partial charge in [-0.25, -0.2) is 4.98 Å². The Balaban J connectivity index is 2.90. The van der Waals surface area contributed by atoms with E-state index in [0.717, 1.165) is 0 Å². The van der Waals surface area contributed by atoms with E-state index in [0.29, 0.717) is 0 Å². The molecule has 5 heteroatoms. The Morgan fingerprint density at radius 2 is 2.50 bits per heavy atom. The van der Waals surface area contributed by atoms with Crippen molar-refractivity contribution >= 4 is 23.2 Å². The van der Waals surface area contributed by atoms with Crippen LogP contribution < -0.4 is 11.1 Å². The molecule has 0 atom stereocenters. The van der Waals surface area contributed by atoms with E-state index in [1.54, 1.807) is 0 Å². The second kappa shape index (κ2) is 4.49. The van der Waals surface area contributed by atoms with Crippen molar-refractivity contribution in [1.82, 2.24) is 10.3 Å². The lowest BCUT2D eigenvalue weighted by molar-refractivity contribution is 0.0959. The lowest BCUT2D eigenvalue weighted by Crippen LogP contribution is -2.24. The molecule has 1 amide bonds. The van der Waals surface area contributed by atoms with Gasteiger partial charge in [-0.05, 0) is 6.07 Å². The molecule has 1 aromatic rings. The van der Waals surface area contributed by atoms with E-state index in [1.807, 2.05) is 0 Å². The van der Waals surface area contributed by atoms with Gasteiger partial charge in [-0.1, -0.05) is 17.5 Å². The number of pyridine rings is 1. The smallest absolute Gasteiger partial charge is 0.254 e. The molecule has 72 valence electrons. The SMILES string of the molecule is C#CCNC(=O)c1cc(Cl)ncc1N. The molecule has 0 aromatic carbocycles. The van der Waals surface area contributed by atoms with Crippen LogP contribution in [0.3, 0.4) is 0 Å². The van der Waals surface area contributed by atoms with E-state index in [2.05, 4.69) is 16.2 Å². The third-order valence-electron chi connectivity index (χ3n) is 1.50. The quantitative estimate of drug-likeness (QED) is 0.556. The second-order valence-electron chi connectivity index (χ2n) is 2.48. The lowest BCUT2D eigenvalue weighted by atomic mass is 10.2. The molecular formula is C9H8ClN3O. The van der Waals surface area contributed by atoms with Crippen molar-refractivity contribution < 1.29 is 4.79 Å². The van der Waals surface area contributed by atoms with Crippen LogP contribution in [0.15, 0.2) is 12.3 Å². The molecule has 0 aliphatic rings. The minimum absolute atomic E-state index is 0.151. The number of nitrogen functional groups attached to an aromatic ring is 1. The highest BCUT2D eigenvalue weighted by atomic mass is 35.5. The molecule has 0 aliphatic carbocycles. The van der Waals surface area contributed by atoms with Crippen LogP contribution in [0.5, 0.6) is 0 Å². The van der Waals surface area contributed by atoms with Crippen LogP contribution in [0.2, 0.25) is 5.15 Å². The summed E-state index contributed by atoms with van der Waals surface area (Å²) in [6.07, 6.45) is 6.31. The molecule has 1 rings (SSSR count). The van der Waals surface area contributed by atoms with Gasteiger partial charge in [-0.15, -0.1) is 6.42 Å². The molecule has 0 saturated carbocycles. The van der Waals surface area contributed by atoms with Gasteiger partial charge < -0.3 is 11.1 Å². The fourth-order valence-electron chi connectivity index (χ4n) is 0.864. The molecule has 3 N–H and O–H groups in total. The number of carbonyl (C=O) groups excluding carboxylic acids is 1. The molecule has 14 heavy (non-hydrogen) atoms. The highest BCUT2D eigenvalue weighted by Crippen LogP contribution is 2.14. The van der Waals surface area contributed by atoms with Crippen LogP contribution >= 0.6 is 11.6 Å². The predicted molar refractivity (Wildman–Crippen MR) is 54.8 cm³/mol. The summed E-state index contributed by atoms with van der Waals surface area (Å²) in [5, 5.41) is 2.69. The number of rotatable bonds is 2. The minimum Gasteiger partial charge on any atom is -0.397 e. The fourth-order valence-corrected chi connectivity index (χ4v) is 1.02. The third kappa shape index (κ3) is 2.38. The monoisotopic (exact) mass is 209 g/mol. The fraction of sp³-hybridized carbons (Fsp3) is 0.111. The van der Waals surface area contributed by atoms with Gasteiger partial charge in [0.15, 0.2) is 0 Å². The molecule has 0 aliphatic heterocycles. The van der Waals surface area contributed by atoms with E-state index in [4.69, 9.17) is 23.8 Å². The number of anilines is 1. The van der Waals surface area contributed by atoms with Gasteiger partial charge in [-0.2, -0.15) is 0 Å². The molecule has 0 saturated heterocycles. The largest absolute Gasteiger partial charge is 0.397 e. The van der Waals surface area contributed by atoms with Gasteiger partial charge in [-0.3, -0.25) is 4.79 Å². The van der Waals surface area contributed by atoms with Crippen LogP contribution in [-0.2, 0) is 0 Å². The standard InChI is InChI=1S/C9H8ClN3O/c1-2-3-12-9(14)6-4-8(10)13-5-7(6)11/h1,4-5H,3,11H2,(H,12,14). The Kier molecular flexibility index (Phi) is 3.32. The topological polar surface area (TPSA) is 68.0 Å². The van der Waals surface area contributed by atoms with Crippen LogP contribution in [-0.4, -0.2) is 17.4 Å². The molecular weight excluding hydrogens is 202 g/mol. The third-order valence-corrected chi connectivity index (χ3v) is 1.70. The van der Waals surface area contributed by atoms with Crippen molar-refractivity contribution in [2.75, 3.05) is 12.3 Å². The van der Waals surface area contributed by atoms with Gasteiger partial charge in [0.1, 0.15) is 5.15 Å². The Morgan fingerprint density at radius 1 is 1.79 bits per heavy atom. The zero-order valence-corrected chi connectivity index (χ0v) is 8.01. The van der Waals surface area contributed by atoms with Gasteiger partial charge in [0.25, 0.3) is 5.91 Å². The zero-order chi connectivity index (χ0) is 10.6. The number of nitrogens with zero attached hydrogens (tertiary/aromatic N) is 1. The normalized spacial score (nSPS) is 9.14.